The molecular weight excluding hydrogens is 216 g/mol. The third kappa shape index (κ3) is 4.04. The van der Waals surface area contributed by atoms with Gasteiger partial charge in [0.25, 0.3) is 0 Å². The van der Waals surface area contributed by atoms with Gasteiger partial charge in [0, 0.05) is 13.0 Å². The highest BCUT2D eigenvalue weighted by Gasteiger charge is 2.09. The smallest absolute Gasteiger partial charge is 0.162 e. The van der Waals surface area contributed by atoms with Crippen molar-refractivity contribution in [3.8, 4) is 0 Å². The number of hydrogen-bond donors (Lipinski definition) is 1. The molecule has 1 aromatic rings. The second kappa shape index (κ2) is 6.30. The number of carbonyl (C=O) groups is 1. The van der Waals surface area contributed by atoms with Crippen LogP contribution in [0.2, 0.25) is 0 Å². The SMILES string of the molecule is NCCOCC(=O)Cc1cc(F)ccc1F. The molecule has 0 aliphatic heterocycles. The van der Waals surface area contributed by atoms with Gasteiger partial charge in [-0.05, 0) is 23.8 Å². The van der Waals surface area contributed by atoms with Gasteiger partial charge in [0.2, 0.25) is 0 Å². The first kappa shape index (κ1) is 12.7. The van der Waals surface area contributed by atoms with Crippen molar-refractivity contribution in [2.24, 2.45) is 5.73 Å². The minimum Gasteiger partial charge on any atom is -0.372 e. The average molecular weight is 229 g/mol. The van der Waals surface area contributed by atoms with E-state index in [-0.39, 0.29) is 31.0 Å². The maximum Gasteiger partial charge on any atom is 0.162 e. The lowest BCUT2D eigenvalue weighted by molar-refractivity contribution is -0.122. The highest BCUT2D eigenvalue weighted by Crippen LogP contribution is 2.10. The summed E-state index contributed by atoms with van der Waals surface area (Å²) in [6.45, 7) is 0.464. The first-order valence-electron chi connectivity index (χ1n) is 4.87. The monoisotopic (exact) mass is 229 g/mol. The zero-order valence-electron chi connectivity index (χ0n) is 8.71. The van der Waals surface area contributed by atoms with E-state index in [1.807, 2.05) is 0 Å². The maximum absolute atomic E-state index is 13.1. The van der Waals surface area contributed by atoms with Gasteiger partial charge >= 0.3 is 0 Å². The average Bonchev–Trinajstić information content (AvgIpc) is 2.24. The molecule has 16 heavy (non-hydrogen) atoms. The van der Waals surface area contributed by atoms with Crippen LogP contribution < -0.4 is 5.73 Å². The van der Waals surface area contributed by atoms with Gasteiger partial charge in [0.15, 0.2) is 5.78 Å². The lowest BCUT2D eigenvalue weighted by atomic mass is 10.1. The Hall–Kier alpha value is -1.33. The molecule has 1 rings (SSSR count). The molecule has 0 radical (unpaired) electrons. The third-order valence-corrected chi connectivity index (χ3v) is 1.92. The summed E-state index contributed by atoms with van der Waals surface area (Å²) in [6.07, 6.45) is -0.172. The van der Waals surface area contributed by atoms with Crippen molar-refractivity contribution >= 4 is 5.78 Å². The first-order valence-corrected chi connectivity index (χ1v) is 4.87. The summed E-state index contributed by atoms with van der Waals surface area (Å²) in [6, 6.07) is 3.02. The molecule has 0 aromatic heterocycles. The second-order valence-electron chi connectivity index (χ2n) is 3.29. The van der Waals surface area contributed by atoms with Crippen molar-refractivity contribution in [3.05, 3.63) is 35.4 Å². The molecular formula is C11H13F2NO2. The Morgan fingerprint density at radius 2 is 2.12 bits per heavy atom. The van der Waals surface area contributed by atoms with Crippen LogP contribution in [0.5, 0.6) is 0 Å². The molecule has 5 heteroatoms. The number of rotatable bonds is 6. The minimum atomic E-state index is -0.589. The highest BCUT2D eigenvalue weighted by atomic mass is 19.1. The minimum absolute atomic E-state index is 0.0429. The van der Waals surface area contributed by atoms with E-state index in [2.05, 4.69) is 0 Å². The Kier molecular flexibility index (Phi) is 5.01. The van der Waals surface area contributed by atoms with Gasteiger partial charge in [-0.3, -0.25) is 4.79 Å². The topological polar surface area (TPSA) is 52.3 Å². The van der Waals surface area contributed by atoms with Gasteiger partial charge in [0.05, 0.1) is 6.61 Å². The van der Waals surface area contributed by atoms with Gasteiger partial charge in [-0.1, -0.05) is 0 Å². The molecule has 1 aromatic carbocycles. The second-order valence-corrected chi connectivity index (χ2v) is 3.29. The zero-order chi connectivity index (χ0) is 12.0. The van der Waals surface area contributed by atoms with Crippen molar-refractivity contribution in [2.75, 3.05) is 19.8 Å². The fourth-order valence-electron chi connectivity index (χ4n) is 1.21. The maximum atomic E-state index is 13.1. The zero-order valence-corrected chi connectivity index (χ0v) is 8.71. The van der Waals surface area contributed by atoms with E-state index in [1.54, 1.807) is 0 Å². The molecule has 0 spiro atoms. The normalized spacial score (nSPS) is 10.4. The lowest BCUT2D eigenvalue weighted by Gasteiger charge is -2.03. The number of benzene rings is 1. The van der Waals surface area contributed by atoms with Crippen LogP contribution in [0.3, 0.4) is 0 Å². The largest absolute Gasteiger partial charge is 0.372 e. The van der Waals surface area contributed by atoms with E-state index in [0.717, 1.165) is 18.2 Å². The van der Waals surface area contributed by atoms with Crippen LogP contribution in [0.4, 0.5) is 8.78 Å². The number of ether oxygens (including phenoxy) is 1. The number of ketones is 1. The molecule has 0 amide bonds. The van der Waals surface area contributed by atoms with Crippen molar-refractivity contribution < 1.29 is 18.3 Å². The van der Waals surface area contributed by atoms with Crippen LogP contribution in [-0.4, -0.2) is 25.5 Å². The van der Waals surface area contributed by atoms with Gasteiger partial charge in [-0.2, -0.15) is 0 Å². The van der Waals surface area contributed by atoms with Crippen LogP contribution >= 0.6 is 0 Å². The number of Topliss-reactive ketones (excluding diaryl/α,β-unsaturated/α-hetero) is 1. The van der Waals surface area contributed by atoms with Crippen molar-refractivity contribution in [1.29, 1.82) is 0 Å². The quantitative estimate of drug-likeness (QED) is 0.742. The number of carbonyl (C=O) groups excluding carboxylic acids is 1. The van der Waals surface area contributed by atoms with Crippen LogP contribution in [0.15, 0.2) is 18.2 Å². The summed E-state index contributed by atoms with van der Waals surface area (Å²) in [4.78, 5) is 11.3. The molecule has 0 heterocycles. The summed E-state index contributed by atoms with van der Waals surface area (Å²) in [5, 5.41) is 0. The summed E-state index contributed by atoms with van der Waals surface area (Å²) >= 11 is 0. The predicted octanol–water partition coefficient (Wildman–Crippen LogP) is 1.05. The third-order valence-electron chi connectivity index (χ3n) is 1.92. The van der Waals surface area contributed by atoms with E-state index in [0.29, 0.717) is 6.54 Å². The molecule has 0 saturated carbocycles. The predicted molar refractivity (Wildman–Crippen MR) is 54.9 cm³/mol. The van der Waals surface area contributed by atoms with Gasteiger partial charge in [0.1, 0.15) is 18.2 Å². The number of halogens is 2. The Morgan fingerprint density at radius 3 is 2.81 bits per heavy atom. The summed E-state index contributed by atoms with van der Waals surface area (Å²) in [5.74, 6) is -1.46. The molecule has 0 unspecified atom stereocenters. The van der Waals surface area contributed by atoms with E-state index >= 15 is 0 Å². The molecule has 0 fully saturated rings. The number of nitrogens with two attached hydrogens (primary N) is 1. The van der Waals surface area contributed by atoms with Crippen molar-refractivity contribution in [1.82, 2.24) is 0 Å². The Balaban J connectivity index is 2.52. The summed E-state index contributed by atoms with van der Waals surface area (Å²) < 4.78 is 30.8. The molecule has 0 aliphatic rings. The van der Waals surface area contributed by atoms with Crippen LogP contribution in [0, 0.1) is 11.6 Å². The van der Waals surface area contributed by atoms with E-state index in [1.165, 1.54) is 0 Å². The highest BCUT2D eigenvalue weighted by molar-refractivity contribution is 5.82. The van der Waals surface area contributed by atoms with Crippen LogP contribution in [0.25, 0.3) is 0 Å². The van der Waals surface area contributed by atoms with E-state index in [4.69, 9.17) is 10.5 Å². The molecule has 88 valence electrons. The van der Waals surface area contributed by atoms with Gasteiger partial charge in [-0.15, -0.1) is 0 Å². The Labute approximate surface area is 92.2 Å². The Bertz CT molecular complexity index is 369. The van der Waals surface area contributed by atoms with E-state index in [9.17, 15) is 13.6 Å². The van der Waals surface area contributed by atoms with E-state index < -0.39 is 11.6 Å². The lowest BCUT2D eigenvalue weighted by Crippen LogP contribution is -2.16. The van der Waals surface area contributed by atoms with Gasteiger partial charge in [-0.25, -0.2) is 8.78 Å². The standard InChI is InChI=1S/C11H13F2NO2/c12-9-1-2-11(13)8(5-9)6-10(15)7-16-4-3-14/h1-2,5H,3-4,6-7,14H2. The summed E-state index contributed by atoms with van der Waals surface area (Å²) in [5.41, 5.74) is 5.21. The fourth-order valence-corrected chi connectivity index (χ4v) is 1.21. The fraction of sp³-hybridized carbons (Fsp3) is 0.364. The van der Waals surface area contributed by atoms with Crippen molar-refractivity contribution in [2.45, 2.75) is 6.42 Å². The molecule has 0 atom stereocenters. The summed E-state index contributed by atoms with van der Waals surface area (Å²) in [7, 11) is 0. The molecule has 0 bridgehead atoms. The Morgan fingerprint density at radius 1 is 1.38 bits per heavy atom. The molecule has 0 saturated heterocycles. The molecule has 2 N–H and O–H groups in total. The van der Waals surface area contributed by atoms with Crippen LogP contribution in [0.1, 0.15) is 5.56 Å². The van der Waals surface area contributed by atoms with Crippen LogP contribution in [-0.2, 0) is 16.0 Å². The first-order chi connectivity index (χ1) is 7.63. The number of hydrogen-bond acceptors (Lipinski definition) is 3. The molecule has 0 aliphatic carbocycles. The molecule has 3 nitrogen and oxygen atoms in total. The van der Waals surface area contributed by atoms with Crippen molar-refractivity contribution in [3.63, 3.8) is 0 Å². The van der Waals surface area contributed by atoms with Gasteiger partial charge < -0.3 is 10.5 Å².